The number of carbonyl (C=O) groups excluding carboxylic acids is 1. The second-order valence-corrected chi connectivity index (χ2v) is 9.60. The van der Waals surface area contributed by atoms with Crippen LogP contribution in [0.25, 0.3) is 0 Å². The first-order valence-corrected chi connectivity index (χ1v) is 12.5. The van der Waals surface area contributed by atoms with E-state index < -0.39 is 0 Å². The molecule has 1 saturated heterocycles. The third kappa shape index (κ3) is 6.35. The summed E-state index contributed by atoms with van der Waals surface area (Å²) in [4.78, 5) is 18.5. The molecule has 1 aliphatic heterocycles. The molecule has 1 aliphatic rings. The average molecular weight is 468 g/mol. The summed E-state index contributed by atoms with van der Waals surface area (Å²) in [5.41, 5.74) is 3.76. The molecule has 0 spiro atoms. The van der Waals surface area contributed by atoms with Crippen LogP contribution in [0.5, 0.6) is 0 Å². The van der Waals surface area contributed by atoms with Gasteiger partial charge in [-0.05, 0) is 53.6 Å². The summed E-state index contributed by atoms with van der Waals surface area (Å²) in [7, 11) is 0. The van der Waals surface area contributed by atoms with Crippen molar-refractivity contribution in [2.24, 2.45) is 0 Å². The van der Waals surface area contributed by atoms with E-state index in [1.54, 1.807) is 0 Å². The molecule has 2 heterocycles. The molecular weight excluding hydrogens is 438 g/mol. The molecule has 0 radical (unpaired) electrons. The lowest BCUT2D eigenvalue weighted by atomic mass is 10.1. The van der Waals surface area contributed by atoms with Crippen molar-refractivity contribution in [2.45, 2.75) is 25.8 Å². The van der Waals surface area contributed by atoms with Crippen molar-refractivity contribution in [1.82, 2.24) is 10.2 Å². The van der Waals surface area contributed by atoms with Crippen molar-refractivity contribution in [2.75, 3.05) is 37.6 Å². The second kappa shape index (κ2) is 11.5. The van der Waals surface area contributed by atoms with Gasteiger partial charge in [-0.2, -0.15) is 0 Å². The lowest BCUT2D eigenvalue weighted by Crippen LogP contribution is -2.49. The molecule has 4 nitrogen and oxygen atoms in total. The fourth-order valence-corrected chi connectivity index (χ4v) is 4.95. The van der Waals surface area contributed by atoms with Crippen LogP contribution < -0.4 is 10.2 Å². The van der Waals surface area contributed by atoms with E-state index in [4.69, 9.17) is 11.6 Å². The van der Waals surface area contributed by atoms with Crippen LogP contribution in [0.2, 0.25) is 5.02 Å². The molecule has 2 aromatic carbocycles. The number of benzene rings is 2. The maximum absolute atomic E-state index is 12.7. The molecule has 1 N–H and O–H groups in total. The Labute approximate surface area is 199 Å². The second-order valence-electron chi connectivity index (χ2n) is 8.13. The normalized spacial score (nSPS) is 14.0. The highest BCUT2D eigenvalue weighted by Crippen LogP contribution is 2.22. The number of hydrogen-bond acceptors (Lipinski definition) is 4. The number of anilines is 1. The molecule has 0 bridgehead atoms. The Morgan fingerprint density at radius 2 is 1.72 bits per heavy atom. The summed E-state index contributed by atoms with van der Waals surface area (Å²) in [6, 6.07) is 20.7. The Kier molecular flexibility index (Phi) is 8.21. The van der Waals surface area contributed by atoms with Crippen molar-refractivity contribution in [3.8, 4) is 0 Å². The van der Waals surface area contributed by atoms with Gasteiger partial charge in [0.1, 0.15) is 0 Å². The zero-order valence-electron chi connectivity index (χ0n) is 18.3. The van der Waals surface area contributed by atoms with Gasteiger partial charge in [-0.15, -0.1) is 11.3 Å². The van der Waals surface area contributed by atoms with Crippen LogP contribution in [-0.4, -0.2) is 43.5 Å². The van der Waals surface area contributed by atoms with Gasteiger partial charge in [0.2, 0.25) is 5.91 Å². The monoisotopic (exact) mass is 467 g/mol. The summed E-state index contributed by atoms with van der Waals surface area (Å²) < 4.78 is 0. The third-order valence-corrected chi connectivity index (χ3v) is 7.14. The zero-order chi connectivity index (χ0) is 22.2. The van der Waals surface area contributed by atoms with E-state index in [1.807, 2.05) is 40.5 Å². The first-order chi connectivity index (χ1) is 15.7. The SMILES string of the molecule is O=C(CCc1ccc(Cl)cc1)N1CCN(c2ccccc2CNCCc2cccs2)CC1. The van der Waals surface area contributed by atoms with Gasteiger partial charge in [-0.1, -0.05) is 48.0 Å². The lowest BCUT2D eigenvalue weighted by molar-refractivity contribution is -0.131. The summed E-state index contributed by atoms with van der Waals surface area (Å²) >= 11 is 7.76. The Balaban J connectivity index is 1.24. The first kappa shape index (κ1) is 22.8. The van der Waals surface area contributed by atoms with Crippen LogP contribution in [0.4, 0.5) is 5.69 Å². The van der Waals surface area contributed by atoms with Crippen molar-refractivity contribution >= 4 is 34.5 Å². The number of piperazine rings is 1. The number of amides is 1. The fourth-order valence-electron chi connectivity index (χ4n) is 4.12. The Morgan fingerprint density at radius 1 is 0.938 bits per heavy atom. The quantitative estimate of drug-likeness (QED) is 0.449. The summed E-state index contributed by atoms with van der Waals surface area (Å²) in [6.07, 6.45) is 2.37. The molecule has 1 amide bonds. The van der Waals surface area contributed by atoms with Gasteiger partial charge < -0.3 is 15.1 Å². The summed E-state index contributed by atoms with van der Waals surface area (Å²) in [5, 5.41) is 6.45. The van der Waals surface area contributed by atoms with E-state index in [0.717, 1.165) is 62.7 Å². The number of aryl methyl sites for hydroxylation is 1. The molecular formula is C26H30ClN3OS. The van der Waals surface area contributed by atoms with Crippen molar-refractivity contribution in [3.05, 3.63) is 87.1 Å². The Bertz CT molecular complexity index is 983. The first-order valence-electron chi connectivity index (χ1n) is 11.3. The van der Waals surface area contributed by atoms with Crippen LogP contribution in [0, 0.1) is 0 Å². The highest BCUT2D eigenvalue weighted by molar-refractivity contribution is 7.09. The molecule has 4 rings (SSSR count). The maximum Gasteiger partial charge on any atom is 0.223 e. The van der Waals surface area contributed by atoms with Crippen LogP contribution >= 0.6 is 22.9 Å². The van der Waals surface area contributed by atoms with Gasteiger partial charge in [-0.3, -0.25) is 4.79 Å². The van der Waals surface area contributed by atoms with Crippen molar-refractivity contribution < 1.29 is 4.79 Å². The summed E-state index contributed by atoms with van der Waals surface area (Å²) in [6.45, 7) is 5.14. The minimum absolute atomic E-state index is 0.239. The third-order valence-electron chi connectivity index (χ3n) is 5.95. The molecule has 32 heavy (non-hydrogen) atoms. The highest BCUT2D eigenvalue weighted by atomic mass is 35.5. The number of hydrogen-bond donors (Lipinski definition) is 1. The van der Waals surface area contributed by atoms with Crippen LogP contribution in [0.1, 0.15) is 22.4 Å². The molecule has 0 atom stereocenters. The van der Waals surface area contributed by atoms with E-state index in [1.165, 1.54) is 16.1 Å². The minimum Gasteiger partial charge on any atom is -0.368 e. The van der Waals surface area contributed by atoms with Gasteiger partial charge >= 0.3 is 0 Å². The number of nitrogens with one attached hydrogen (secondary N) is 1. The highest BCUT2D eigenvalue weighted by Gasteiger charge is 2.22. The van der Waals surface area contributed by atoms with E-state index in [9.17, 15) is 4.79 Å². The lowest BCUT2D eigenvalue weighted by Gasteiger charge is -2.37. The molecule has 168 valence electrons. The minimum atomic E-state index is 0.239. The number of para-hydroxylation sites is 1. The number of halogens is 1. The Hall–Kier alpha value is -2.34. The largest absolute Gasteiger partial charge is 0.368 e. The van der Waals surface area contributed by atoms with Gasteiger partial charge in [-0.25, -0.2) is 0 Å². The van der Waals surface area contributed by atoms with Gasteiger partial charge in [0.25, 0.3) is 0 Å². The standard InChI is InChI=1S/C26H30ClN3OS/c27-23-10-7-21(8-11-23)9-12-26(31)30-17-15-29(16-18-30)25-6-2-1-4-22(25)20-28-14-13-24-5-3-19-32-24/h1-8,10-11,19,28H,9,12-18,20H2. The molecule has 0 unspecified atom stereocenters. The smallest absolute Gasteiger partial charge is 0.223 e. The van der Waals surface area contributed by atoms with Crippen molar-refractivity contribution in [3.63, 3.8) is 0 Å². The predicted octanol–water partition coefficient (Wildman–Crippen LogP) is 5.02. The predicted molar refractivity (Wildman–Crippen MR) is 135 cm³/mol. The molecule has 3 aromatic rings. The van der Waals surface area contributed by atoms with E-state index in [-0.39, 0.29) is 5.91 Å². The zero-order valence-corrected chi connectivity index (χ0v) is 19.9. The fraction of sp³-hybridized carbons (Fsp3) is 0.346. The maximum atomic E-state index is 12.7. The topological polar surface area (TPSA) is 35.6 Å². The summed E-state index contributed by atoms with van der Waals surface area (Å²) in [5.74, 6) is 0.239. The molecule has 1 aromatic heterocycles. The van der Waals surface area contributed by atoms with E-state index in [2.05, 4.69) is 52.0 Å². The molecule has 1 fully saturated rings. The van der Waals surface area contributed by atoms with Crippen LogP contribution in [0.3, 0.4) is 0 Å². The van der Waals surface area contributed by atoms with Gasteiger partial charge in [0, 0.05) is 61.3 Å². The number of thiophene rings is 1. The number of rotatable bonds is 9. The molecule has 0 aliphatic carbocycles. The van der Waals surface area contributed by atoms with E-state index in [0.29, 0.717) is 6.42 Å². The van der Waals surface area contributed by atoms with Gasteiger partial charge in [0.05, 0.1) is 0 Å². The average Bonchev–Trinajstić information content (AvgIpc) is 3.35. The number of carbonyl (C=O) groups is 1. The molecule has 0 saturated carbocycles. The number of nitrogens with zero attached hydrogens (tertiary/aromatic N) is 2. The van der Waals surface area contributed by atoms with E-state index >= 15 is 0 Å². The van der Waals surface area contributed by atoms with Crippen molar-refractivity contribution in [1.29, 1.82) is 0 Å². The van der Waals surface area contributed by atoms with Crippen LogP contribution in [-0.2, 0) is 24.2 Å². The van der Waals surface area contributed by atoms with Crippen LogP contribution in [0.15, 0.2) is 66.0 Å². The Morgan fingerprint density at radius 3 is 2.47 bits per heavy atom. The molecule has 6 heteroatoms. The van der Waals surface area contributed by atoms with Gasteiger partial charge in [0.15, 0.2) is 0 Å².